The van der Waals surface area contributed by atoms with Gasteiger partial charge in [-0.1, -0.05) is 13.8 Å². The summed E-state index contributed by atoms with van der Waals surface area (Å²) in [5.74, 6) is 0.359. The summed E-state index contributed by atoms with van der Waals surface area (Å²) in [4.78, 5) is 11.4. The Kier molecular flexibility index (Phi) is 4.31. The van der Waals surface area contributed by atoms with Crippen LogP contribution in [0.25, 0.3) is 0 Å². The molecule has 2 unspecified atom stereocenters. The molecule has 3 nitrogen and oxygen atoms in total. The lowest BCUT2D eigenvalue weighted by molar-refractivity contribution is -0.146. The van der Waals surface area contributed by atoms with Crippen LogP contribution < -0.4 is 0 Å². The summed E-state index contributed by atoms with van der Waals surface area (Å²) in [5.41, 5.74) is 0.321. The van der Waals surface area contributed by atoms with Gasteiger partial charge in [-0.15, -0.1) is 0 Å². The van der Waals surface area contributed by atoms with Crippen molar-refractivity contribution in [2.45, 2.75) is 52.4 Å². The van der Waals surface area contributed by atoms with Gasteiger partial charge in [0.2, 0.25) is 0 Å². The normalized spacial score (nSPS) is 33.2. The Bertz CT molecular complexity index is 292. The Hall–Kier alpha value is -0.570. The average Bonchev–Trinajstić information content (AvgIpc) is 2.28. The fourth-order valence-corrected chi connectivity index (χ4v) is 3.72. The summed E-state index contributed by atoms with van der Waals surface area (Å²) in [6, 6.07) is 0. The molecule has 2 rings (SSSR count). The van der Waals surface area contributed by atoms with Crippen molar-refractivity contribution in [2.75, 3.05) is 13.2 Å². The van der Waals surface area contributed by atoms with Crippen LogP contribution in [0.1, 0.15) is 52.4 Å². The molecule has 0 aromatic carbocycles. The molecular weight excluding hydrogens is 228 g/mol. The zero-order valence-corrected chi connectivity index (χ0v) is 11.7. The fraction of sp³-hybridized carbons (Fsp3) is 0.933. The molecule has 1 saturated carbocycles. The summed E-state index contributed by atoms with van der Waals surface area (Å²) in [6.07, 6.45) is 6.29. The summed E-state index contributed by atoms with van der Waals surface area (Å²) in [6.45, 7) is 6.28. The van der Waals surface area contributed by atoms with E-state index in [1.807, 2.05) is 0 Å². The minimum Gasteiger partial charge on any atom is -0.481 e. The first-order chi connectivity index (χ1) is 8.48. The second-order valence-corrected chi connectivity index (χ2v) is 6.90. The van der Waals surface area contributed by atoms with Gasteiger partial charge in [-0.25, -0.2) is 0 Å². The standard InChI is InChI=1S/C15H26O3/c1-15(2)6-3-13(14(16)17)12(10-15)9-11-4-7-18-8-5-11/h11-13H,3-10H2,1-2H3,(H,16,17). The third-order valence-electron chi connectivity index (χ3n) is 4.81. The lowest BCUT2D eigenvalue weighted by Crippen LogP contribution is -2.36. The van der Waals surface area contributed by atoms with Gasteiger partial charge >= 0.3 is 5.97 Å². The molecule has 1 aliphatic carbocycles. The van der Waals surface area contributed by atoms with Gasteiger partial charge < -0.3 is 9.84 Å². The minimum absolute atomic E-state index is 0.110. The highest BCUT2D eigenvalue weighted by Crippen LogP contribution is 2.45. The number of carbonyl (C=O) groups is 1. The molecular formula is C15H26O3. The van der Waals surface area contributed by atoms with Crippen LogP contribution >= 0.6 is 0 Å². The van der Waals surface area contributed by atoms with E-state index in [1.54, 1.807) is 0 Å². The number of ether oxygens (including phenoxy) is 1. The van der Waals surface area contributed by atoms with Gasteiger partial charge in [-0.05, 0) is 55.8 Å². The van der Waals surface area contributed by atoms with Crippen molar-refractivity contribution < 1.29 is 14.6 Å². The monoisotopic (exact) mass is 254 g/mol. The van der Waals surface area contributed by atoms with Gasteiger partial charge in [0.25, 0.3) is 0 Å². The lowest BCUT2D eigenvalue weighted by Gasteiger charge is -2.40. The Morgan fingerprint density at radius 2 is 1.94 bits per heavy atom. The van der Waals surface area contributed by atoms with E-state index in [-0.39, 0.29) is 5.92 Å². The van der Waals surface area contributed by atoms with Gasteiger partial charge in [0.1, 0.15) is 0 Å². The van der Waals surface area contributed by atoms with E-state index in [0.29, 0.717) is 17.3 Å². The fourth-order valence-electron chi connectivity index (χ4n) is 3.72. The van der Waals surface area contributed by atoms with Crippen molar-refractivity contribution >= 4 is 5.97 Å². The first-order valence-electron chi connectivity index (χ1n) is 7.28. The number of aliphatic carboxylic acids is 1. The van der Waals surface area contributed by atoms with Crippen molar-refractivity contribution in [3.63, 3.8) is 0 Å². The minimum atomic E-state index is -0.581. The summed E-state index contributed by atoms with van der Waals surface area (Å²) < 4.78 is 5.39. The number of hydrogen-bond donors (Lipinski definition) is 1. The maximum atomic E-state index is 11.4. The molecule has 0 aromatic heterocycles. The van der Waals surface area contributed by atoms with Gasteiger partial charge in [-0.2, -0.15) is 0 Å². The predicted octanol–water partition coefficient (Wildman–Crippen LogP) is 3.33. The third kappa shape index (κ3) is 3.47. The van der Waals surface area contributed by atoms with E-state index >= 15 is 0 Å². The van der Waals surface area contributed by atoms with Crippen LogP contribution in [-0.2, 0) is 9.53 Å². The highest BCUT2D eigenvalue weighted by atomic mass is 16.5. The molecule has 18 heavy (non-hydrogen) atoms. The maximum absolute atomic E-state index is 11.4. The van der Waals surface area contributed by atoms with E-state index in [2.05, 4.69) is 13.8 Å². The van der Waals surface area contributed by atoms with Crippen molar-refractivity contribution in [1.82, 2.24) is 0 Å². The molecule has 0 radical (unpaired) electrons. The molecule has 0 bridgehead atoms. The third-order valence-corrected chi connectivity index (χ3v) is 4.81. The molecule has 2 atom stereocenters. The van der Waals surface area contributed by atoms with E-state index < -0.39 is 5.97 Å². The molecule has 1 N–H and O–H groups in total. The highest BCUT2D eigenvalue weighted by Gasteiger charge is 2.39. The molecule has 2 fully saturated rings. The van der Waals surface area contributed by atoms with Crippen LogP contribution in [0.3, 0.4) is 0 Å². The lowest BCUT2D eigenvalue weighted by atomic mass is 9.64. The van der Waals surface area contributed by atoms with Gasteiger partial charge in [-0.3, -0.25) is 4.79 Å². The molecule has 1 aliphatic heterocycles. The summed E-state index contributed by atoms with van der Waals surface area (Å²) in [5, 5.41) is 9.38. The molecule has 1 saturated heterocycles. The van der Waals surface area contributed by atoms with Crippen LogP contribution in [0.5, 0.6) is 0 Å². The van der Waals surface area contributed by atoms with Crippen LogP contribution in [0.15, 0.2) is 0 Å². The summed E-state index contributed by atoms with van der Waals surface area (Å²) >= 11 is 0. The van der Waals surface area contributed by atoms with Crippen LogP contribution in [0, 0.1) is 23.2 Å². The quantitative estimate of drug-likeness (QED) is 0.840. The van der Waals surface area contributed by atoms with Gasteiger partial charge in [0.05, 0.1) is 5.92 Å². The molecule has 1 heterocycles. The van der Waals surface area contributed by atoms with Gasteiger partial charge in [0.15, 0.2) is 0 Å². The van der Waals surface area contributed by atoms with Crippen molar-refractivity contribution in [3.05, 3.63) is 0 Å². The highest BCUT2D eigenvalue weighted by molar-refractivity contribution is 5.70. The van der Waals surface area contributed by atoms with Crippen LogP contribution in [-0.4, -0.2) is 24.3 Å². The van der Waals surface area contributed by atoms with E-state index in [9.17, 15) is 9.90 Å². The molecule has 3 heteroatoms. The SMILES string of the molecule is CC1(C)CCC(C(=O)O)C(CC2CCOCC2)C1. The van der Waals surface area contributed by atoms with Gasteiger partial charge in [0, 0.05) is 13.2 Å². The van der Waals surface area contributed by atoms with E-state index in [4.69, 9.17) is 4.74 Å². The Balaban J connectivity index is 1.98. The Morgan fingerprint density at radius 1 is 1.28 bits per heavy atom. The molecule has 2 aliphatic rings. The number of carboxylic acid groups (broad SMARTS) is 1. The molecule has 0 aromatic rings. The molecule has 0 spiro atoms. The topological polar surface area (TPSA) is 46.5 Å². The van der Waals surface area contributed by atoms with Crippen LogP contribution in [0.2, 0.25) is 0 Å². The first kappa shape index (κ1) is 13.9. The zero-order valence-electron chi connectivity index (χ0n) is 11.7. The predicted molar refractivity (Wildman–Crippen MR) is 70.4 cm³/mol. The van der Waals surface area contributed by atoms with Crippen molar-refractivity contribution in [1.29, 1.82) is 0 Å². The number of carboxylic acids is 1. The first-order valence-corrected chi connectivity index (χ1v) is 7.28. The smallest absolute Gasteiger partial charge is 0.306 e. The number of rotatable bonds is 3. The average molecular weight is 254 g/mol. The molecule has 104 valence electrons. The van der Waals surface area contributed by atoms with Crippen LogP contribution in [0.4, 0.5) is 0 Å². The van der Waals surface area contributed by atoms with Crippen molar-refractivity contribution in [2.24, 2.45) is 23.2 Å². The zero-order chi connectivity index (χ0) is 13.2. The largest absolute Gasteiger partial charge is 0.481 e. The van der Waals surface area contributed by atoms with Crippen molar-refractivity contribution in [3.8, 4) is 0 Å². The summed E-state index contributed by atoms with van der Waals surface area (Å²) in [7, 11) is 0. The Morgan fingerprint density at radius 3 is 2.56 bits per heavy atom. The second-order valence-electron chi connectivity index (χ2n) is 6.90. The maximum Gasteiger partial charge on any atom is 0.306 e. The Labute approximate surface area is 110 Å². The second kappa shape index (κ2) is 5.60. The van der Waals surface area contributed by atoms with E-state index in [0.717, 1.165) is 51.7 Å². The number of hydrogen-bond acceptors (Lipinski definition) is 2. The molecule has 0 amide bonds. The van der Waals surface area contributed by atoms with E-state index in [1.165, 1.54) is 0 Å².